The van der Waals surface area contributed by atoms with E-state index in [4.69, 9.17) is 14.9 Å². The Hall–Kier alpha value is -3.24. The first-order valence-electron chi connectivity index (χ1n) is 12.7. The molecule has 3 aromatic heterocycles. The first-order chi connectivity index (χ1) is 17.2. The molecule has 1 fully saturated rings. The molecule has 2 atom stereocenters. The number of nitrogens with zero attached hydrogens (tertiary/aromatic N) is 6. The van der Waals surface area contributed by atoms with Crippen LogP contribution in [-0.4, -0.2) is 55.1 Å². The van der Waals surface area contributed by atoms with E-state index in [0.717, 1.165) is 49.9 Å². The van der Waals surface area contributed by atoms with Crippen molar-refractivity contribution in [1.82, 2.24) is 29.4 Å². The summed E-state index contributed by atoms with van der Waals surface area (Å²) in [5.41, 5.74) is 3.45. The Labute approximate surface area is 212 Å². The topological polar surface area (TPSA) is 102 Å². The number of nitrogens with one attached hydrogen (secondary N) is 2. The van der Waals surface area contributed by atoms with Crippen molar-refractivity contribution in [3.05, 3.63) is 47.4 Å². The highest BCUT2D eigenvalue weighted by Crippen LogP contribution is 2.33. The molecule has 0 spiro atoms. The summed E-state index contributed by atoms with van der Waals surface area (Å²) in [5, 5.41) is 16.0. The lowest BCUT2D eigenvalue weighted by molar-refractivity contribution is -0.114. The predicted octanol–water partition coefficient (Wildman–Crippen LogP) is 4.01. The fourth-order valence-corrected chi connectivity index (χ4v) is 5.02. The van der Waals surface area contributed by atoms with Crippen molar-refractivity contribution in [1.29, 1.82) is 0 Å². The third-order valence-corrected chi connectivity index (χ3v) is 6.91. The van der Waals surface area contributed by atoms with Gasteiger partial charge in [0.2, 0.25) is 5.91 Å². The minimum atomic E-state index is -0.119. The van der Waals surface area contributed by atoms with Gasteiger partial charge < -0.3 is 15.4 Å². The zero-order chi connectivity index (χ0) is 25.4. The van der Waals surface area contributed by atoms with Crippen LogP contribution in [0.25, 0.3) is 0 Å². The van der Waals surface area contributed by atoms with Crippen LogP contribution in [0.5, 0.6) is 0 Å². The maximum absolute atomic E-state index is 11.4. The summed E-state index contributed by atoms with van der Waals surface area (Å²) in [7, 11) is 0. The number of rotatable bonds is 6. The summed E-state index contributed by atoms with van der Waals surface area (Å²) in [6.45, 7) is 14.3. The summed E-state index contributed by atoms with van der Waals surface area (Å²) < 4.78 is 9.85. The molecule has 1 saturated heterocycles. The first kappa shape index (κ1) is 24.5. The molecule has 2 aliphatic rings. The third-order valence-electron chi connectivity index (χ3n) is 6.91. The van der Waals surface area contributed by atoms with Gasteiger partial charge in [-0.3, -0.25) is 19.1 Å². The number of ether oxygens (including phenoxy) is 1. The second kappa shape index (κ2) is 9.67. The van der Waals surface area contributed by atoms with Crippen molar-refractivity contribution < 1.29 is 9.53 Å². The van der Waals surface area contributed by atoms with Crippen molar-refractivity contribution in [3.8, 4) is 0 Å². The molecule has 192 valence electrons. The molecule has 2 aliphatic heterocycles. The molecule has 2 N–H and O–H groups in total. The number of pyridine rings is 1. The van der Waals surface area contributed by atoms with Crippen LogP contribution in [0.4, 0.5) is 17.5 Å². The third kappa shape index (κ3) is 5.15. The van der Waals surface area contributed by atoms with Crippen molar-refractivity contribution >= 4 is 23.4 Å². The zero-order valence-corrected chi connectivity index (χ0v) is 21.8. The summed E-state index contributed by atoms with van der Waals surface area (Å²) in [4.78, 5) is 18.0. The lowest BCUT2D eigenvalue weighted by Crippen LogP contribution is -2.36. The van der Waals surface area contributed by atoms with Crippen molar-refractivity contribution in [3.63, 3.8) is 0 Å². The van der Waals surface area contributed by atoms with Gasteiger partial charge in [-0.2, -0.15) is 10.2 Å². The van der Waals surface area contributed by atoms with Crippen molar-refractivity contribution in [2.75, 3.05) is 30.4 Å². The molecule has 0 unspecified atom stereocenters. The first-order valence-corrected chi connectivity index (χ1v) is 12.7. The number of carbonyl (C=O) groups excluding carboxylic acids is 1. The average molecular weight is 493 g/mol. The minimum absolute atomic E-state index is 0.0231. The van der Waals surface area contributed by atoms with E-state index < -0.39 is 0 Å². The van der Waals surface area contributed by atoms with E-state index in [2.05, 4.69) is 69.7 Å². The van der Waals surface area contributed by atoms with Gasteiger partial charge in [0.25, 0.3) is 0 Å². The largest absolute Gasteiger partial charge is 0.379 e. The van der Waals surface area contributed by atoms with Crippen LogP contribution in [0.15, 0.2) is 30.5 Å². The van der Waals surface area contributed by atoms with Crippen molar-refractivity contribution in [2.24, 2.45) is 0 Å². The number of hydrogen-bond donors (Lipinski definition) is 2. The Morgan fingerprint density at radius 3 is 2.67 bits per heavy atom. The smallest absolute Gasteiger partial charge is 0.222 e. The lowest BCUT2D eigenvalue weighted by Gasteiger charge is -2.33. The van der Waals surface area contributed by atoms with Gasteiger partial charge in [-0.25, -0.2) is 4.98 Å². The molecule has 0 bridgehead atoms. The van der Waals surface area contributed by atoms with Gasteiger partial charge in [0, 0.05) is 62.1 Å². The van der Waals surface area contributed by atoms with E-state index in [0.29, 0.717) is 12.4 Å². The molecule has 5 heterocycles. The van der Waals surface area contributed by atoms with E-state index in [-0.39, 0.29) is 23.4 Å². The van der Waals surface area contributed by atoms with Gasteiger partial charge >= 0.3 is 0 Å². The fourth-order valence-electron chi connectivity index (χ4n) is 5.02. The SMILES string of the molecule is CC(=O)Nc1cc(CN2CCn3nc(Nc4cc(C(C)(C)C)n([C@@H]5CCOC5)n4)cc3[C@H]2C)ccn1. The molecule has 5 rings (SSSR count). The van der Waals surface area contributed by atoms with Crippen LogP contribution in [0.1, 0.15) is 70.1 Å². The quantitative estimate of drug-likeness (QED) is 0.536. The monoisotopic (exact) mass is 492 g/mol. The van der Waals surface area contributed by atoms with E-state index in [1.54, 1.807) is 6.20 Å². The van der Waals surface area contributed by atoms with Crippen molar-refractivity contribution in [2.45, 2.75) is 71.6 Å². The number of hydrogen-bond acceptors (Lipinski definition) is 7. The average Bonchev–Trinajstić information content (AvgIpc) is 3.55. The highest BCUT2D eigenvalue weighted by molar-refractivity contribution is 5.87. The molecule has 10 nitrogen and oxygen atoms in total. The molecule has 0 aliphatic carbocycles. The number of carbonyl (C=O) groups is 1. The molecule has 0 radical (unpaired) electrons. The summed E-state index contributed by atoms with van der Waals surface area (Å²) in [6, 6.07) is 8.67. The predicted molar refractivity (Wildman–Crippen MR) is 138 cm³/mol. The molecular weight excluding hydrogens is 456 g/mol. The van der Waals surface area contributed by atoms with Crippen LogP contribution in [0.2, 0.25) is 0 Å². The second-order valence-electron chi connectivity index (χ2n) is 10.8. The van der Waals surface area contributed by atoms with Gasteiger partial charge in [-0.1, -0.05) is 20.8 Å². The van der Waals surface area contributed by atoms with E-state index in [1.807, 2.05) is 12.1 Å². The molecule has 10 heteroatoms. The Morgan fingerprint density at radius 2 is 1.94 bits per heavy atom. The number of amides is 1. The summed E-state index contributed by atoms with van der Waals surface area (Å²) in [6.07, 6.45) is 2.73. The Balaban J connectivity index is 1.32. The Morgan fingerprint density at radius 1 is 1.14 bits per heavy atom. The number of aromatic nitrogens is 5. The maximum atomic E-state index is 11.4. The van der Waals surface area contributed by atoms with E-state index >= 15 is 0 Å². The Kier molecular flexibility index (Phi) is 6.57. The van der Waals surface area contributed by atoms with Crippen LogP contribution < -0.4 is 10.6 Å². The molecule has 3 aromatic rings. The lowest BCUT2D eigenvalue weighted by atomic mass is 9.91. The van der Waals surface area contributed by atoms with Gasteiger partial charge in [-0.15, -0.1) is 0 Å². The van der Waals surface area contributed by atoms with Gasteiger partial charge in [0.15, 0.2) is 11.6 Å². The maximum Gasteiger partial charge on any atom is 0.222 e. The standard InChI is InChI=1S/C26H36N8O2/c1-17-21-13-24(29-25-14-22(26(3,4)5)34(31-25)20-7-11-36-16-20)30-33(21)10-9-32(17)15-19-6-8-27-23(12-19)28-18(2)35/h6,8,12-14,17,20H,7,9-11,15-16H2,1-5H3,(H,27,28,35)(H,29,30,31)/t17-,20-/m1/s1. The van der Waals surface area contributed by atoms with E-state index in [1.165, 1.54) is 18.3 Å². The summed E-state index contributed by atoms with van der Waals surface area (Å²) >= 11 is 0. The van der Waals surface area contributed by atoms with Crippen LogP contribution in [-0.2, 0) is 28.0 Å². The van der Waals surface area contributed by atoms with Crippen LogP contribution >= 0.6 is 0 Å². The molecular formula is C26H36N8O2. The van der Waals surface area contributed by atoms with Crippen LogP contribution in [0.3, 0.4) is 0 Å². The van der Waals surface area contributed by atoms with Gasteiger partial charge in [-0.05, 0) is 31.0 Å². The van der Waals surface area contributed by atoms with Gasteiger partial charge in [0.05, 0.1) is 24.9 Å². The molecule has 0 aromatic carbocycles. The highest BCUT2D eigenvalue weighted by atomic mass is 16.5. The molecule has 36 heavy (non-hydrogen) atoms. The second-order valence-corrected chi connectivity index (χ2v) is 10.8. The molecule has 1 amide bonds. The van der Waals surface area contributed by atoms with Crippen LogP contribution in [0, 0.1) is 0 Å². The minimum Gasteiger partial charge on any atom is -0.379 e. The highest BCUT2D eigenvalue weighted by Gasteiger charge is 2.29. The fraction of sp³-hybridized carbons (Fsp3) is 0.538. The van der Waals surface area contributed by atoms with Gasteiger partial charge in [0.1, 0.15) is 5.82 Å². The normalized spacial score (nSPS) is 20.4. The molecule has 0 saturated carbocycles. The zero-order valence-electron chi connectivity index (χ0n) is 21.8. The summed E-state index contributed by atoms with van der Waals surface area (Å²) in [5.74, 6) is 2.09. The van der Waals surface area contributed by atoms with E-state index in [9.17, 15) is 4.79 Å². The number of fused-ring (bicyclic) bond motifs is 1. The Bertz CT molecular complexity index is 1240. The number of anilines is 3.